The summed E-state index contributed by atoms with van der Waals surface area (Å²) >= 11 is 6.46. The molecule has 0 aliphatic carbocycles. The highest BCUT2D eigenvalue weighted by Crippen LogP contribution is 2.35. The van der Waals surface area contributed by atoms with Crippen LogP contribution < -0.4 is 10.2 Å². The van der Waals surface area contributed by atoms with Gasteiger partial charge in [-0.1, -0.05) is 36.7 Å². The molecule has 3 rings (SSSR count). The number of halogens is 1. The minimum Gasteiger partial charge on any atom is -0.365 e. The number of piperazine rings is 1. The Morgan fingerprint density at radius 2 is 1.70 bits per heavy atom. The quantitative estimate of drug-likeness (QED) is 0.870. The van der Waals surface area contributed by atoms with Gasteiger partial charge >= 0.3 is 0 Å². The van der Waals surface area contributed by atoms with Crippen molar-refractivity contribution in [3.8, 4) is 0 Å². The van der Waals surface area contributed by atoms with E-state index in [1.165, 1.54) is 5.56 Å². The normalized spacial score (nSPS) is 14.2. The summed E-state index contributed by atoms with van der Waals surface area (Å²) in [7, 11) is 0. The molecule has 0 bridgehead atoms. The van der Waals surface area contributed by atoms with E-state index in [1.807, 2.05) is 47.4 Å². The van der Waals surface area contributed by atoms with Crippen LogP contribution in [0.3, 0.4) is 0 Å². The van der Waals surface area contributed by atoms with Crippen LogP contribution in [0.2, 0.25) is 5.02 Å². The van der Waals surface area contributed by atoms with E-state index < -0.39 is 0 Å². The molecule has 0 unspecified atom stereocenters. The Morgan fingerprint density at radius 3 is 2.30 bits per heavy atom. The molecule has 1 heterocycles. The molecule has 1 N–H and O–H groups in total. The number of carbonyl (C=O) groups is 2. The van der Waals surface area contributed by atoms with Crippen LogP contribution in [0.15, 0.2) is 42.5 Å². The molecular weight excluding hydrogens is 362 g/mol. The minimum absolute atomic E-state index is 0.0814. The third-order valence-corrected chi connectivity index (χ3v) is 5.21. The summed E-state index contributed by atoms with van der Waals surface area (Å²) in [5.41, 5.74) is 3.29. The van der Waals surface area contributed by atoms with Crippen LogP contribution in [-0.4, -0.2) is 42.9 Å². The molecule has 1 aliphatic rings. The number of rotatable bonds is 4. The number of anilines is 2. The summed E-state index contributed by atoms with van der Waals surface area (Å²) in [6.07, 6.45) is 0.937. The molecule has 1 aliphatic heterocycles. The zero-order valence-electron chi connectivity index (χ0n) is 15.7. The maximum atomic E-state index is 12.7. The highest BCUT2D eigenvalue weighted by molar-refractivity contribution is 6.34. The van der Waals surface area contributed by atoms with Crippen LogP contribution in [0.5, 0.6) is 0 Å². The Morgan fingerprint density at radius 1 is 1.04 bits per heavy atom. The molecule has 5 nitrogen and oxygen atoms in total. The molecule has 142 valence electrons. The monoisotopic (exact) mass is 385 g/mol. The maximum absolute atomic E-state index is 12.7. The van der Waals surface area contributed by atoms with E-state index in [0.29, 0.717) is 42.5 Å². The van der Waals surface area contributed by atoms with Crippen molar-refractivity contribution >= 4 is 34.8 Å². The van der Waals surface area contributed by atoms with E-state index in [4.69, 9.17) is 11.6 Å². The standard InChI is InChI=1S/C21H24ClN3O2/c1-3-16-7-9-17(10-8-16)21(27)23-19-6-4-5-18(22)20(19)25-13-11-24(12-14-25)15(2)26/h4-10H,3,11-14H2,1-2H3,(H,23,27). The van der Waals surface area contributed by atoms with Crippen molar-refractivity contribution in [1.29, 1.82) is 0 Å². The van der Waals surface area contributed by atoms with E-state index >= 15 is 0 Å². The van der Waals surface area contributed by atoms with Gasteiger partial charge in [-0.15, -0.1) is 0 Å². The molecule has 2 aromatic rings. The number of hydrogen-bond donors (Lipinski definition) is 1. The second-order valence-electron chi connectivity index (χ2n) is 6.63. The molecule has 0 atom stereocenters. The van der Waals surface area contributed by atoms with Crippen molar-refractivity contribution < 1.29 is 9.59 Å². The van der Waals surface area contributed by atoms with Crippen molar-refractivity contribution in [2.24, 2.45) is 0 Å². The summed E-state index contributed by atoms with van der Waals surface area (Å²) < 4.78 is 0. The smallest absolute Gasteiger partial charge is 0.255 e. The summed E-state index contributed by atoms with van der Waals surface area (Å²) in [5.74, 6) is -0.0820. The van der Waals surface area contributed by atoms with Gasteiger partial charge in [0.05, 0.1) is 16.4 Å². The highest BCUT2D eigenvalue weighted by Gasteiger charge is 2.23. The first-order chi connectivity index (χ1) is 13.0. The Hall–Kier alpha value is -2.53. The lowest BCUT2D eigenvalue weighted by molar-refractivity contribution is -0.129. The lowest BCUT2D eigenvalue weighted by Gasteiger charge is -2.37. The van der Waals surface area contributed by atoms with Gasteiger partial charge in [0.2, 0.25) is 5.91 Å². The number of para-hydroxylation sites is 1. The molecule has 0 aromatic heterocycles. The van der Waals surface area contributed by atoms with Gasteiger partial charge in [0.25, 0.3) is 5.91 Å². The third kappa shape index (κ3) is 4.42. The molecule has 6 heteroatoms. The minimum atomic E-state index is -0.163. The van der Waals surface area contributed by atoms with Crippen LogP contribution in [0.25, 0.3) is 0 Å². The van der Waals surface area contributed by atoms with Gasteiger partial charge in [-0.25, -0.2) is 0 Å². The summed E-state index contributed by atoms with van der Waals surface area (Å²) in [4.78, 5) is 28.2. The summed E-state index contributed by atoms with van der Waals surface area (Å²) in [5, 5.41) is 3.58. The van der Waals surface area contributed by atoms with Crippen LogP contribution in [0.4, 0.5) is 11.4 Å². The van der Waals surface area contributed by atoms with Gasteiger partial charge in [-0.3, -0.25) is 9.59 Å². The fraction of sp³-hybridized carbons (Fsp3) is 0.333. The largest absolute Gasteiger partial charge is 0.365 e. The summed E-state index contributed by atoms with van der Waals surface area (Å²) in [6.45, 7) is 6.31. The molecule has 0 spiro atoms. The highest BCUT2D eigenvalue weighted by atomic mass is 35.5. The molecular formula is C21H24ClN3O2. The Labute approximate surface area is 164 Å². The summed E-state index contributed by atoms with van der Waals surface area (Å²) in [6, 6.07) is 13.1. The first-order valence-electron chi connectivity index (χ1n) is 9.19. The van der Waals surface area contributed by atoms with Gasteiger partial charge < -0.3 is 15.1 Å². The molecule has 2 aromatic carbocycles. The van der Waals surface area contributed by atoms with E-state index in [9.17, 15) is 9.59 Å². The van der Waals surface area contributed by atoms with Crippen molar-refractivity contribution in [3.05, 3.63) is 58.6 Å². The van der Waals surface area contributed by atoms with Crippen molar-refractivity contribution in [2.75, 3.05) is 36.4 Å². The predicted octanol–water partition coefficient (Wildman–Crippen LogP) is 3.82. The van der Waals surface area contributed by atoms with Gasteiger partial charge in [0.15, 0.2) is 0 Å². The first kappa shape index (κ1) is 19.2. The molecule has 1 fully saturated rings. The van der Waals surface area contributed by atoms with Gasteiger partial charge in [0, 0.05) is 38.7 Å². The average Bonchev–Trinajstić information content (AvgIpc) is 2.68. The number of hydrogen-bond acceptors (Lipinski definition) is 3. The predicted molar refractivity (Wildman–Crippen MR) is 110 cm³/mol. The van der Waals surface area contributed by atoms with Crippen molar-refractivity contribution in [1.82, 2.24) is 4.90 Å². The first-order valence-corrected chi connectivity index (χ1v) is 9.56. The molecule has 0 saturated carbocycles. The van der Waals surface area contributed by atoms with Crippen molar-refractivity contribution in [2.45, 2.75) is 20.3 Å². The Bertz CT molecular complexity index is 828. The molecule has 1 saturated heterocycles. The lowest BCUT2D eigenvalue weighted by atomic mass is 10.1. The molecule has 27 heavy (non-hydrogen) atoms. The second-order valence-corrected chi connectivity index (χ2v) is 7.04. The van der Waals surface area contributed by atoms with E-state index in [-0.39, 0.29) is 11.8 Å². The second kappa shape index (κ2) is 8.44. The average molecular weight is 386 g/mol. The number of amides is 2. The van der Waals surface area contributed by atoms with E-state index in [1.54, 1.807) is 6.92 Å². The zero-order chi connectivity index (χ0) is 19.4. The van der Waals surface area contributed by atoms with Crippen LogP contribution in [0.1, 0.15) is 29.8 Å². The van der Waals surface area contributed by atoms with E-state index in [0.717, 1.165) is 12.1 Å². The molecule has 2 amide bonds. The maximum Gasteiger partial charge on any atom is 0.255 e. The topological polar surface area (TPSA) is 52.7 Å². The number of nitrogens with one attached hydrogen (secondary N) is 1. The Balaban J connectivity index is 1.79. The number of nitrogens with zero attached hydrogens (tertiary/aromatic N) is 2. The van der Waals surface area contributed by atoms with Crippen LogP contribution in [0, 0.1) is 0 Å². The third-order valence-electron chi connectivity index (χ3n) is 4.90. The van der Waals surface area contributed by atoms with Gasteiger partial charge in [-0.2, -0.15) is 0 Å². The number of carbonyl (C=O) groups excluding carboxylic acids is 2. The van der Waals surface area contributed by atoms with Gasteiger partial charge in [-0.05, 0) is 36.2 Å². The Kier molecular flexibility index (Phi) is 6.01. The van der Waals surface area contributed by atoms with Crippen molar-refractivity contribution in [3.63, 3.8) is 0 Å². The number of aryl methyl sites for hydroxylation is 1. The lowest BCUT2D eigenvalue weighted by Crippen LogP contribution is -2.48. The SMILES string of the molecule is CCc1ccc(C(=O)Nc2cccc(Cl)c2N2CCN(C(C)=O)CC2)cc1. The number of benzene rings is 2. The fourth-order valence-electron chi connectivity index (χ4n) is 3.27. The van der Waals surface area contributed by atoms with E-state index in [2.05, 4.69) is 17.1 Å². The van der Waals surface area contributed by atoms with Gasteiger partial charge in [0.1, 0.15) is 0 Å². The fourth-order valence-corrected chi connectivity index (χ4v) is 3.56. The zero-order valence-corrected chi connectivity index (χ0v) is 16.4. The van der Waals surface area contributed by atoms with Crippen LogP contribution in [-0.2, 0) is 11.2 Å². The van der Waals surface area contributed by atoms with Crippen LogP contribution >= 0.6 is 11.6 Å². The molecule has 0 radical (unpaired) electrons.